The molecule has 1 aromatic carbocycles. The maximum atomic E-state index is 10.4. The summed E-state index contributed by atoms with van der Waals surface area (Å²) in [5, 5.41) is 0. The summed E-state index contributed by atoms with van der Waals surface area (Å²) >= 11 is 0. The van der Waals surface area contributed by atoms with Gasteiger partial charge >= 0.3 is 0 Å². The van der Waals surface area contributed by atoms with Gasteiger partial charge in [0.05, 0.1) is 0 Å². The van der Waals surface area contributed by atoms with Crippen LogP contribution in [0.5, 0.6) is 5.75 Å². The number of hydrogen-bond acceptors (Lipinski definition) is 3. The van der Waals surface area contributed by atoms with Crippen molar-refractivity contribution < 1.29 is 17.7 Å². The fourth-order valence-corrected chi connectivity index (χ4v) is 1.19. The van der Waals surface area contributed by atoms with E-state index in [0.29, 0.717) is 5.75 Å². The first-order valence-corrected chi connectivity index (χ1v) is 5.73. The quantitative estimate of drug-likeness (QED) is 0.527. The van der Waals surface area contributed by atoms with Crippen molar-refractivity contribution in [1.82, 2.24) is 0 Å². The Bertz CT molecular complexity index is 384. The molecule has 76 valence electrons. The van der Waals surface area contributed by atoms with Crippen LogP contribution in [0.2, 0.25) is 0 Å². The number of benzene rings is 1. The highest BCUT2D eigenvalue weighted by Crippen LogP contribution is 2.06. The summed E-state index contributed by atoms with van der Waals surface area (Å²) < 4.78 is 34.2. The highest BCUT2D eigenvalue weighted by atomic mass is 32.2. The molecule has 0 bridgehead atoms. The van der Waals surface area contributed by atoms with E-state index in [-0.39, 0.29) is 12.4 Å². The van der Waals surface area contributed by atoms with Crippen LogP contribution in [0.15, 0.2) is 24.3 Å². The van der Waals surface area contributed by atoms with Gasteiger partial charge in [-0.05, 0) is 12.1 Å². The third-order valence-electron chi connectivity index (χ3n) is 1.63. The van der Waals surface area contributed by atoms with Gasteiger partial charge in [-0.25, -0.2) is 0 Å². The molecule has 14 heavy (non-hydrogen) atoms. The van der Waals surface area contributed by atoms with Gasteiger partial charge in [0.15, 0.2) is 0 Å². The molecule has 0 saturated carbocycles. The minimum absolute atomic E-state index is 0.0398. The Kier molecular flexibility index (Phi) is 3.54. The van der Waals surface area contributed by atoms with E-state index in [4.69, 9.17) is 9.29 Å². The maximum Gasteiger partial charge on any atom is 0.268 e. The van der Waals surface area contributed by atoms with E-state index >= 15 is 0 Å². The van der Waals surface area contributed by atoms with E-state index in [1.165, 1.54) is 0 Å². The maximum absolute atomic E-state index is 10.4. The van der Waals surface area contributed by atoms with Crippen LogP contribution in [-0.4, -0.2) is 33.2 Å². The lowest BCUT2D eigenvalue weighted by Gasteiger charge is -2.04. The first kappa shape index (κ1) is 11.1. The summed E-state index contributed by atoms with van der Waals surface area (Å²) in [5.74, 6) is 0.209. The Balaban J connectivity index is 2.43. The van der Waals surface area contributed by atoms with Crippen molar-refractivity contribution in [2.75, 3.05) is 12.4 Å². The van der Waals surface area contributed by atoms with Gasteiger partial charge < -0.3 is 4.74 Å². The zero-order valence-corrected chi connectivity index (χ0v) is 8.62. The molecule has 0 atom stereocenters. The molecule has 0 aromatic heterocycles. The number of rotatable bonds is 4. The van der Waals surface area contributed by atoms with Crippen molar-refractivity contribution in [3.05, 3.63) is 24.3 Å². The predicted octanol–water partition coefficient (Wildman–Crippen LogP) is -0.788. The SMILES string of the molecule is Bc1ccc(OCCS(=O)(=O)O)cc1. The fraction of sp³-hybridized carbons (Fsp3) is 0.250. The van der Waals surface area contributed by atoms with E-state index < -0.39 is 10.1 Å². The Morgan fingerprint density at radius 3 is 2.36 bits per heavy atom. The van der Waals surface area contributed by atoms with E-state index in [1.807, 2.05) is 20.0 Å². The molecular formula is C8H11BO4S. The largest absolute Gasteiger partial charge is 0.492 e. The number of ether oxygens (including phenoxy) is 1. The second-order valence-corrected chi connectivity index (χ2v) is 4.52. The van der Waals surface area contributed by atoms with Crippen molar-refractivity contribution in [3.63, 3.8) is 0 Å². The molecule has 0 aliphatic carbocycles. The van der Waals surface area contributed by atoms with Crippen LogP contribution in [-0.2, 0) is 10.1 Å². The van der Waals surface area contributed by atoms with Crippen LogP contribution in [0.4, 0.5) is 0 Å². The van der Waals surface area contributed by atoms with Gasteiger partial charge in [0, 0.05) is 0 Å². The van der Waals surface area contributed by atoms with Gasteiger partial charge in [-0.15, -0.1) is 0 Å². The summed E-state index contributed by atoms with van der Waals surface area (Å²) in [5.41, 5.74) is 1.10. The van der Waals surface area contributed by atoms with Crippen molar-refractivity contribution in [2.24, 2.45) is 0 Å². The molecule has 0 spiro atoms. The Labute approximate surface area is 84.1 Å². The zero-order valence-electron chi connectivity index (χ0n) is 7.80. The molecule has 0 amide bonds. The van der Waals surface area contributed by atoms with Gasteiger partial charge in [0.2, 0.25) is 0 Å². The summed E-state index contributed by atoms with van der Waals surface area (Å²) in [7, 11) is -1.98. The molecule has 1 rings (SSSR count). The van der Waals surface area contributed by atoms with Crippen LogP contribution >= 0.6 is 0 Å². The topological polar surface area (TPSA) is 63.6 Å². The van der Waals surface area contributed by atoms with Crippen LogP contribution < -0.4 is 10.2 Å². The fourth-order valence-electron chi connectivity index (χ4n) is 0.899. The zero-order chi connectivity index (χ0) is 10.6. The first-order chi connectivity index (χ1) is 6.47. The molecule has 0 saturated heterocycles. The van der Waals surface area contributed by atoms with E-state index in [9.17, 15) is 8.42 Å². The van der Waals surface area contributed by atoms with E-state index in [0.717, 1.165) is 5.46 Å². The molecule has 0 aliphatic heterocycles. The van der Waals surface area contributed by atoms with Gasteiger partial charge in [0.1, 0.15) is 26.0 Å². The second kappa shape index (κ2) is 4.48. The molecule has 6 heteroatoms. The molecular weight excluding hydrogens is 203 g/mol. The lowest BCUT2D eigenvalue weighted by molar-refractivity contribution is 0.336. The summed E-state index contributed by atoms with van der Waals surface area (Å²) in [4.78, 5) is 0. The molecule has 4 nitrogen and oxygen atoms in total. The molecule has 0 aliphatic rings. The van der Waals surface area contributed by atoms with E-state index in [1.54, 1.807) is 12.1 Å². The van der Waals surface area contributed by atoms with Crippen molar-refractivity contribution >= 4 is 23.4 Å². The Morgan fingerprint density at radius 2 is 1.86 bits per heavy atom. The van der Waals surface area contributed by atoms with Crippen LogP contribution in [0, 0.1) is 0 Å². The Hall–Kier alpha value is -1.01. The molecule has 1 aromatic rings. The lowest BCUT2D eigenvalue weighted by Crippen LogP contribution is -2.12. The molecule has 1 N–H and O–H groups in total. The smallest absolute Gasteiger partial charge is 0.268 e. The summed E-state index contributed by atoms with van der Waals surface area (Å²) in [6.45, 7) is -0.0398. The predicted molar refractivity (Wildman–Crippen MR) is 56.5 cm³/mol. The third-order valence-corrected chi connectivity index (χ3v) is 2.31. The molecule has 0 heterocycles. The molecule has 0 radical (unpaired) electrons. The summed E-state index contributed by atoms with van der Waals surface area (Å²) in [6, 6.07) is 7.23. The lowest BCUT2D eigenvalue weighted by atomic mass is 9.97. The second-order valence-electron chi connectivity index (χ2n) is 2.95. The van der Waals surface area contributed by atoms with Gasteiger partial charge in [-0.2, -0.15) is 8.42 Å². The van der Waals surface area contributed by atoms with Crippen molar-refractivity contribution in [2.45, 2.75) is 0 Å². The molecule has 0 fully saturated rings. The van der Waals surface area contributed by atoms with Gasteiger partial charge in [0.25, 0.3) is 10.1 Å². The summed E-state index contributed by atoms with van der Waals surface area (Å²) in [6.07, 6.45) is 0. The van der Waals surface area contributed by atoms with Crippen LogP contribution in [0.1, 0.15) is 0 Å². The normalized spacial score (nSPS) is 11.2. The average Bonchev–Trinajstić information content (AvgIpc) is 2.06. The standard InChI is InChI=1S/C8H11BO4S/c9-7-1-3-8(4-2-7)13-5-6-14(10,11)12/h1-4H,5-6,9H2,(H,10,11,12). The number of hydrogen-bond donors (Lipinski definition) is 1. The minimum Gasteiger partial charge on any atom is -0.492 e. The highest BCUT2D eigenvalue weighted by molar-refractivity contribution is 7.85. The average molecular weight is 214 g/mol. The first-order valence-electron chi connectivity index (χ1n) is 4.12. The monoisotopic (exact) mass is 214 g/mol. The van der Waals surface area contributed by atoms with Gasteiger partial charge in [-0.1, -0.05) is 17.6 Å². The van der Waals surface area contributed by atoms with Gasteiger partial charge in [-0.3, -0.25) is 4.55 Å². The van der Waals surface area contributed by atoms with Crippen LogP contribution in [0.3, 0.4) is 0 Å². The third kappa shape index (κ3) is 4.29. The van der Waals surface area contributed by atoms with Crippen molar-refractivity contribution in [3.8, 4) is 5.75 Å². The van der Waals surface area contributed by atoms with Crippen molar-refractivity contribution in [1.29, 1.82) is 0 Å². The molecule has 0 unspecified atom stereocenters. The minimum atomic E-state index is -3.93. The highest BCUT2D eigenvalue weighted by Gasteiger charge is 2.03. The van der Waals surface area contributed by atoms with Crippen LogP contribution in [0.25, 0.3) is 0 Å². The van der Waals surface area contributed by atoms with E-state index in [2.05, 4.69) is 0 Å². The Morgan fingerprint density at radius 1 is 1.29 bits per heavy atom.